The number of carbonyl (C=O) groups is 3. The van der Waals surface area contributed by atoms with Crippen LogP contribution in [-0.4, -0.2) is 34.3 Å². The van der Waals surface area contributed by atoms with Gasteiger partial charge in [-0.05, 0) is 38.5 Å². The van der Waals surface area contributed by atoms with Gasteiger partial charge in [-0.2, -0.15) is 0 Å². The van der Waals surface area contributed by atoms with E-state index in [4.69, 9.17) is 5.84 Å². The van der Waals surface area contributed by atoms with Crippen molar-refractivity contribution in [2.24, 2.45) is 11.8 Å². The van der Waals surface area contributed by atoms with Crippen LogP contribution in [-0.2, 0) is 9.59 Å². The van der Waals surface area contributed by atoms with Crippen molar-refractivity contribution < 1.29 is 14.4 Å². The Balaban J connectivity index is 2.19. The number of nitrogens with one attached hydrogen (secondary N) is 2. The third-order valence-electron chi connectivity index (χ3n) is 4.23. The second-order valence-electron chi connectivity index (χ2n) is 5.55. The average Bonchev–Trinajstić information content (AvgIpc) is 2.63. The van der Waals surface area contributed by atoms with Gasteiger partial charge in [-0.1, -0.05) is 6.92 Å². The van der Waals surface area contributed by atoms with Gasteiger partial charge >= 0.3 is 6.03 Å². The zero-order valence-corrected chi connectivity index (χ0v) is 11.2. The van der Waals surface area contributed by atoms with Crippen LogP contribution in [0, 0.1) is 5.92 Å². The summed E-state index contributed by atoms with van der Waals surface area (Å²) in [5.41, 5.74) is 1.16. The van der Waals surface area contributed by atoms with Gasteiger partial charge in [0.15, 0.2) is 0 Å². The Labute approximate surface area is 111 Å². The van der Waals surface area contributed by atoms with Crippen molar-refractivity contribution in [2.75, 3.05) is 0 Å². The second kappa shape index (κ2) is 4.80. The number of rotatable bonds is 2. The van der Waals surface area contributed by atoms with E-state index in [0.29, 0.717) is 18.8 Å². The van der Waals surface area contributed by atoms with E-state index >= 15 is 0 Å². The fraction of sp³-hybridized carbons (Fsp3) is 0.750. The van der Waals surface area contributed by atoms with Crippen LogP contribution in [0.2, 0.25) is 0 Å². The maximum atomic E-state index is 12.5. The van der Waals surface area contributed by atoms with Gasteiger partial charge in [0.1, 0.15) is 11.6 Å². The highest BCUT2D eigenvalue weighted by atomic mass is 16.2. The number of hydrogen-bond donors (Lipinski definition) is 3. The van der Waals surface area contributed by atoms with Gasteiger partial charge in [0.25, 0.3) is 11.8 Å². The summed E-state index contributed by atoms with van der Waals surface area (Å²) in [5.74, 6) is 4.76. The minimum absolute atomic E-state index is 0.305. The fourth-order valence-corrected chi connectivity index (χ4v) is 2.82. The molecule has 106 valence electrons. The first-order valence-corrected chi connectivity index (χ1v) is 6.57. The zero-order valence-electron chi connectivity index (χ0n) is 11.2. The van der Waals surface area contributed by atoms with Crippen molar-refractivity contribution in [3.63, 3.8) is 0 Å². The minimum Gasteiger partial charge on any atom is -0.323 e. The summed E-state index contributed by atoms with van der Waals surface area (Å²) in [6, 6.07) is -1.40. The molecule has 19 heavy (non-hydrogen) atoms. The molecule has 0 aromatic heterocycles. The molecule has 0 radical (unpaired) electrons. The Morgan fingerprint density at radius 1 is 1.47 bits per heavy atom. The van der Waals surface area contributed by atoms with Crippen molar-refractivity contribution in [1.82, 2.24) is 15.6 Å². The molecular weight excluding hydrogens is 248 g/mol. The van der Waals surface area contributed by atoms with Gasteiger partial charge in [-0.3, -0.25) is 15.0 Å². The van der Waals surface area contributed by atoms with Crippen LogP contribution in [0.15, 0.2) is 0 Å². The lowest BCUT2D eigenvalue weighted by atomic mass is 9.77. The van der Waals surface area contributed by atoms with Crippen LogP contribution < -0.4 is 16.6 Å². The Hall–Kier alpha value is -1.63. The summed E-state index contributed by atoms with van der Waals surface area (Å²) < 4.78 is 0. The highest BCUT2D eigenvalue weighted by Gasteiger charge is 2.54. The summed E-state index contributed by atoms with van der Waals surface area (Å²) in [7, 11) is 0. The SMILES string of the molecule is CC1CCC2(CC1)NC(=O)N(C(C)C(=O)NN)C2=O. The first-order valence-electron chi connectivity index (χ1n) is 6.57. The summed E-state index contributed by atoms with van der Waals surface area (Å²) in [5, 5.41) is 2.77. The third-order valence-corrected chi connectivity index (χ3v) is 4.23. The molecular formula is C12H20N4O3. The van der Waals surface area contributed by atoms with Crippen LogP contribution >= 0.6 is 0 Å². The van der Waals surface area contributed by atoms with E-state index in [1.807, 2.05) is 5.43 Å². The van der Waals surface area contributed by atoms with E-state index in [1.54, 1.807) is 0 Å². The van der Waals surface area contributed by atoms with Gasteiger partial charge in [-0.25, -0.2) is 15.5 Å². The van der Waals surface area contributed by atoms with Crippen LogP contribution in [0.25, 0.3) is 0 Å². The zero-order chi connectivity index (χ0) is 14.2. The number of imide groups is 1. The Kier molecular flexibility index (Phi) is 3.49. The van der Waals surface area contributed by atoms with E-state index in [-0.39, 0.29) is 5.91 Å². The minimum atomic E-state index is -0.892. The molecule has 0 bridgehead atoms. The van der Waals surface area contributed by atoms with Crippen molar-refractivity contribution in [2.45, 2.75) is 51.1 Å². The van der Waals surface area contributed by atoms with E-state index in [0.717, 1.165) is 17.7 Å². The molecule has 1 saturated carbocycles. The maximum absolute atomic E-state index is 12.5. The number of hydrazine groups is 1. The molecule has 1 unspecified atom stereocenters. The van der Waals surface area contributed by atoms with Crippen molar-refractivity contribution in [3.05, 3.63) is 0 Å². The van der Waals surface area contributed by atoms with E-state index in [2.05, 4.69) is 12.2 Å². The molecule has 7 nitrogen and oxygen atoms in total. The number of nitrogens with zero attached hydrogens (tertiary/aromatic N) is 1. The monoisotopic (exact) mass is 268 g/mol. The lowest BCUT2D eigenvalue weighted by Crippen LogP contribution is -2.52. The molecule has 1 aliphatic carbocycles. The van der Waals surface area contributed by atoms with Gasteiger partial charge in [0.05, 0.1) is 0 Å². The molecule has 2 rings (SSSR count). The van der Waals surface area contributed by atoms with Crippen molar-refractivity contribution >= 4 is 17.8 Å². The predicted octanol–water partition coefficient (Wildman–Crippen LogP) is -0.134. The van der Waals surface area contributed by atoms with Crippen LogP contribution in [0.3, 0.4) is 0 Å². The van der Waals surface area contributed by atoms with Gasteiger partial charge in [0, 0.05) is 0 Å². The van der Waals surface area contributed by atoms with E-state index < -0.39 is 23.5 Å². The number of carbonyl (C=O) groups excluding carboxylic acids is 3. The molecule has 7 heteroatoms. The first-order chi connectivity index (χ1) is 8.91. The second-order valence-corrected chi connectivity index (χ2v) is 5.55. The molecule has 4 N–H and O–H groups in total. The van der Waals surface area contributed by atoms with E-state index in [1.165, 1.54) is 6.92 Å². The highest BCUT2D eigenvalue weighted by Crippen LogP contribution is 2.36. The van der Waals surface area contributed by atoms with Crippen LogP contribution in [0.5, 0.6) is 0 Å². The fourth-order valence-electron chi connectivity index (χ4n) is 2.82. The van der Waals surface area contributed by atoms with Gasteiger partial charge < -0.3 is 5.32 Å². The number of amides is 4. The number of hydrogen-bond acceptors (Lipinski definition) is 4. The Morgan fingerprint density at radius 2 is 2.05 bits per heavy atom. The molecule has 2 aliphatic rings. The molecule has 1 heterocycles. The molecule has 0 aromatic carbocycles. The van der Waals surface area contributed by atoms with Gasteiger partial charge in [-0.15, -0.1) is 0 Å². The smallest absolute Gasteiger partial charge is 0.323 e. The lowest BCUT2D eigenvalue weighted by molar-refractivity contribution is -0.138. The van der Waals surface area contributed by atoms with E-state index in [9.17, 15) is 14.4 Å². The molecule has 1 atom stereocenters. The molecule has 2 fully saturated rings. The normalized spacial score (nSPS) is 32.4. The lowest BCUT2D eigenvalue weighted by Gasteiger charge is -2.33. The molecule has 4 amide bonds. The number of urea groups is 1. The standard InChI is InChI=1S/C12H20N4O3/c1-7-3-5-12(6-4-7)10(18)16(11(19)14-12)8(2)9(17)15-13/h7-8H,3-6,13H2,1-2H3,(H,14,19)(H,15,17). The maximum Gasteiger partial charge on any atom is 0.325 e. The Morgan fingerprint density at radius 3 is 2.58 bits per heavy atom. The average molecular weight is 268 g/mol. The quantitative estimate of drug-likeness (QED) is 0.281. The van der Waals surface area contributed by atoms with Crippen LogP contribution in [0.1, 0.15) is 39.5 Å². The largest absolute Gasteiger partial charge is 0.325 e. The molecule has 1 saturated heterocycles. The summed E-state index contributed by atoms with van der Waals surface area (Å²) >= 11 is 0. The molecule has 0 aromatic rings. The van der Waals surface area contributed by atoms with Gasteiger partial charge in [0.2, 0.25) is 0 Å². The number of nitrogens with two attached hydrogens (primary N) is 1. The van der Waals surface area contributed by atoms with Crippen molar-refractivity contribution in [3.8, 4) is 0 Å². The van der Waals surface area contributed by atoms with Crippen LogP contribution in [0.4, 0.5) is 4.79 Å². The first kappa shape index (κ1) is 13.8. The summed E-state index contributed by atoms with van der Waals surface area (Å²) in [4.78, 5) is 36.9. The highest BCUT2D eigenvalue weighted by molar-refractivity contribution is 6.09. The third kappa shape index (κ3) is 2.18. The summed E-state index contributed by atoms with van der Waals surface area (Å²) in [6.45, 7) is 3.63. The van der Waals surface area contributed by atoms with Crippen molar-refractivity contribution in [1.29, 1.82) is 0 Å². The topological polar surface area (TPSA) is 105 Å². The predicted molar refractivity (Wildman–Crippen MR) is 67.5 cm³/mol. The molecule has 1 aliphatic heterocycles. The molecule has 1 spiro atoms. The Bertz CT molecular complexity index is 415. The summed E-state index contributed by atoms with van der Waals surface area (Å²) in [6.07, 6.45) is 3.06.